The normalized spacial score (nSPS) is 10.2. The molecule has 0 unspecified atom stereocenters. The van der Waals surface area contributed by atoms with Crippen LogP contribution in [0.25, 0.3) is 22.3 Å². The van der Waals surface area contributed by atoms with Gasteiger partial charge in [0, 0.05) is 5.69 Å². The number of phenols is 1. The van der Waals surface area contributed by atoms with Crippen LogP contribution in [0.3, 0.4) is 0 Å². The minimum Gasteiger partial charge on any atom is -0.508 e. The number of hydrogen-bond donors (Lipinski definition) is 2. The highest BCUT2D eigenvalue weighted by molar-refractivity contribution is 5.85. The quantitative estimate of drug-likeness (QED) is 0.721. The third-order valence-electron chi connectivity index (χ3n) is 3.74. The fourth-order valence-corrected chi connectivity index (χ4v) is 2.42. The third-order valence-corrected chi connectivity index (χ3v) is 3.74. The molecule has 0 spiro atoms. The van der Waals surface area contributed by atoms with E-state index in [1.807, 2.05) is 60.7 Å². The van der Waals surface area contributed by atoms with E-state index in [0.29, 0.717) is 5.69 Å². The highest BCUT2D eigenvalue weighted by Gasteiger charge is 2.03. The molecule has 4 nitrogen and oxygen atoms in total. The first kappa shape index (κ1) is 15.6. The Hall–Kier alpha value is -3.27. The Morgan fingerprint density at radius 1 is 0.750 bits per heavy atom. The molecule has 4 heteroatoms. The van der Waals surface area contributed by atoms with Crippen molar-refractivity contribution in [2.45, 2.75) is 0 Å². The molecule has 0 atom stereocenters. The largest absolute Gasteiger partial charge is 0.508 e. The molecule has 0 aliphatic heterocycles. The van der Waals surface area contributed by atoms with Crippen LogP contribution in [0.2, 0.25) is 0 Å². The highest BCUT2D eigenvalue weighted by atomic mass is 16.5. The zero-order chi connectivity index (χ0) is 16.9. The zero-order valence-electron chi connectivity index (χ0n) is 13.2. The number of anilines is 1. The molecular formula is C20H17NO3. The molecule has 0 heterocycles. The third kappa shape index (κ3) is 3.55. The summed E-state index contributed by atoms with van der Waals surface area (Å²) in [7, 11) is 1.33. The number of hydrogen-bond acceptors (Lipinski definition) is 3. The minimum absolute atomic E-state index is 0.260. The number of aromatic hydroxyl groups is 1. The number of benzene rings is 3. The van der Waals surface area contributed by atoms with Crippen molar-refractivity contribution in [1.29, 1.82) is 0 Å². The molecule has 2 N–H and O–H groups in total. The van der Waals surface area contributed by atoms with Gasteiger partial charge in [-0.05, 0) is 46.5 Å². The molecule has 0 aromatic heterocycles. The predicted octanol–water partition coefficient (Wildman–Crippen LogP) is 4.90. The second-order valence-corrected chi connectivity index (χ2v) is 5.32. The Bertz CT molecular complexity index is 822. The molecule has 0 bridgehead atoms. The smallest absolute Gasteiger partial charge is 0.411 e. The molecule has 1 amide bonds. The van der Waals surface area contributed by atoms with Crippen molar-refractivity contribution in [1.82, 2.24) is 0 Å². The predicted molar refractivity (Wildman–Crippen MR) is 95.0 cm³/mol. The first-order valence-electron chi connectivity index (χ1n) is 7.50. The number of rotatable bonds is 3. The van der Waals surface area contributed by atoms with Gasteiger partial charge >= 0.3 is 6.09 Å². The fraction of sp³-hybridized carbons (Fsp3) is 0.0500. The van der Waals surface area contributed by atoms with E-state index in [9.17, 15) is 9.90 Å². The van der Waals surface area contributed by atoms with E-state index in [1.165, 1.54) is 7.11 Å². The number of ether oxygens (including phenoxy) is 1. The molecule has 0 saturated carbocycles. The number of methoxy groups -OCH3 is 1. The Labute approximate surface area is 140 Å². The van der Waals surface area contributed by atoms with Crippen molar-refractivity contribution < 1.29 is 14.6 Å². The van der Waals surface area contributed by atoms with Crippen LogP contribution in [0.15, 0.2) is 72.8 Å². The number of nitrogens with one attached hydrogen (secondary N) is 1. The van der Waals surface area contributed by atoms with Crippen LogP contribution in [0.1, 0.15) is 0 Å². The van der Waals surface area contributed by atoms with E-state index in [1.54, 1.807) is 12.1 Å². The molecule has 3 aromatic rings. The van der Waals surface area contributed by atoms with E-state index in [2.05, 4.69) is 10.1 Å². The summed E-state index contributed by atoms with van der Waals surface area (Å²) in [4.78, 5) is 11.2. The number of amides is 1. The summed E-state index contributed by atoms with van der Waals surface area (Å²) in [6, 6.07) is 22.9. The molecule has 120 valence electrons. The molecule has 3 rings (SSSR count). The standard InChI is InChI=1S/C20H17NO3/c1-24-20(23)21-18-10-6-16(7-11-18)14-2-4-15(5-3-14)17-8-12-19(22)13-9-17/h2-13,22H,1H3,(H,21,23). The van der Waals surface area contributed by atoms with E-state index in [4.69, 9.17) is 0 Å². The van der Waals surface area contributed by atoms with Crippen LogP contribution in [0.4, 0.5) is 10.5 Å². The monoisotopic (exact) mass is 319 g/mol. The van der Waals surface area contributed by atoms with Gasteiger partial charge < -0.3 is 9.84 Å². The van der Waals surface area contributed by atoms with Gasteiger partial charge in [0.2, 0.25) is 0 Å². The van der Waals surface area contributed by atoms with Crippen LogP contribution in [-0.4, -0.2) is 18.3 Å². The molecule has 0 saturated heterocycles. The lowest BCUT2D eigenvalue weighted by molar-refractivity contribution is 0.187. The van der Waals surface area contributed by atoms with Crippen molar-refractivity contribution >= 4 is 11.8 Å². The average molecular weight is 319 g/mol. The van der Waals surface area contributed by atoms with Crippen LogP contribution in [0.5, 0.6) is 5.75 Å². The van der Waals surface area contributed by atoms with Gasteiger partial charge in [0.15, 0.2) is 0 Å². The molecule has 0 fully saturated rings. The van der Waals surface area contributed by atoms with Crippen LogP contribution in [0, 0.1) is 0 Å². The maximum Gasteiger partial charge on any atom is 0.411 e. The van der Waals surface area contributed by atoms with E-state index >= 15 is 0 Å². The summed E-state index contributed by atoms with van der Waals surface area (Å²) in [6.45, 7) is 0. The van der Waals surface area contributed by atoms with Gasteiger partial charge in [-0.2, -0.15) is 0 Å². The molecule has 0 aliphatic rings. The average Bonchev–Trinajstić information content (AvgIpc) is 2.63. The van der Waals surface area contributed by atoms with E-state index in [-0.39, 0.29) is 5.75 Å². The van der Waals surface area contributed by atoms with Crippen molar-refractivity contribution in [2.24, 2.45) is 0 Å². The van der Waals surface area contributed by atoms with Gasteiger partial charge in [-0.1, -0.05) is 48.5 Å². The Balaban J connectivity index is 1.78. The van der Waals surface area contributed by atoms with Crippen molar-refractivity contribution in [3.8, 4) is 28.0 Å². The Morgan fingerprint density at radius 2 is 1.12 bits per heavy atom. The Morgan fingerprint density at radius 3 is 1.54 bits per heavy atom. The summed E-state index contributed by atoms with van der Waals surface area (Å²) < 4.78 is 4.57. The summed E-state index contributed by atoms with van der Waals surface area (Å²) in [6.07, 6.45) is -0.485. The second kappa shape index (κ2) is 6.87. The molecule has 0 aliphatic carbocycles. The second-order valence-electron chi connectivity index (χ2n) is 5.32. The van der Waals surface area contributed by atoms with Gasteiger partial charge in [-0.15, -0.1) is 0 Å². The van der Waals surface area contributed by atoms with Crippen molar-refractivity contribution in [2.75, 3.05) is 12.4 Å². The van der Waals surface area contributed by atoms with Crippen LogP contribution < -0.4 is 5.32 Å². The lowest BCUT2D eigenvalue weighted by atomic mass is 10.00. The van der Waals surface area contributed by atoms with Gasteiger partial charge in [0.25, 0.3) is 0 Å². The molecular weight excluding hydrogens is 302 g/mol. The topological polar surface area (TPSA) is 58.6 Å². The summed E-state index contributed by atoms with van der Waals surface area (Å²) in [5, 5.41) is 12.0. The fourth-order valence-electron chi connectivity index (χ4n) is 2.42. The first-order chi connectivity index (χ1) is 11.7. The lowest BCUT2D eigenvalue weighted by Crippen LogP contribution is -2.10. The number of phenolic OH excluding ortho intramolecular Hbond substituents is 1. The zero-order valence-corrected chi connectivity index (χ0v) is 13.2. The lowest BCUT2D eigenvalue weighted by Gasteiger charge is -2.07. The van der Waals surface area contributed by atoms with Crippen molar-refractivity contribution in [3.63, 3.8) is 0 Å². The first-order valence-corrected chi connectivity index (χ1v) is 7.50. The van der Waals surface area contributed by atoms with Crippen LogP contribution in [-0.2, 0) is 4.74 Å². The van der Waals surface area contributed by atoms with Gasteiger partial charge in [0.05, 0.1) is 7.11 Å². The highest BCUT2D eigenvalue weighted by Crippen LogP contribution is 2.26. The minimum atomic E-state index is -0.485. The van der Waals surface area contributed by atoms with Gasteiger partial charge in [-0.25, -0.2) is 4.79 Å². The summed E-state index contributed by atoms with van der Waals surface area (Å²) >= 11 is 0. The maximum absolute atomic E-state index is 11.2. The maximum atomic E-state index is 11.2. The number of carbonyl (C=O) groups excluding carboxylic acids is 1. The molecule has 3 aromatic carbocycles. The van der Waals surface area contributed by atoms with Crippen LogP contribution >= 0.6 is 0 Å². The van der Waals surface area contributed by atoms with E-state index in [0.717, 1.165) is 22.3 Å². The van der Waals surface area contributed by atoms with Gasteiger partial charge in [0.1, 0.15) is 5.75 Å². The molecule has 24 heavy (non-hydrogen) atoms. The summed E-state index contributed by atoms with van der Waals surface area (Å²) in [5.41, 5.74) is 4.97. The van der Waals surface area contributed by atoms with Gasteiger partial charge in [-0.3, -0.25) is 5.32 Å². The summed E-state index contributed by atoms with van der Waals surface area (Å²) in [5.74, 6) is 0.260. The SMILES string of the molecule is COC(=O)Nc1ccc(-c2ccc(-c3ccc(O)cc3)cc2)cc1. The van der Waals surface area contributed by atoms with Crippen molar-refractivity contribution in [3.05, 3.63) is 72.8 Å². The Kier molecular flexibility index (Phi) is 4.47. The molecule has 0 radical (unpaired) electrons. The number of carbonyl (C=O) groups is 1. The van der Waals surface area contributed by atoms with E-state index < -0.39 is 6.09 Å².